The molecule has 0 bridgehead atoms. The minimum Gasteiger partial charge on any atom is -0.378 e. The molecule has 2 aromatic rings. The second-order valence-corrected chi connectivity index (χ2v) is 7.55. The Labute approximate surface area is 155 Å². The van der Waals surface area contributed by atoms with Gasteiger partial charge in [-0.1, -0.05) is 23.4 Å². The highest BCUT2D eigenvalue weighted by atomic mass is 35.5. The van der Waals surface area contributed by atoms with Crippen LogP contribution in [-0.2, 0) is 4.74 Å². The summed E-state index contributed by atoms with van der Waals surface area (Å²) in [5.74, 6) is 0.0359. The van der Waals surface area contributed by atoms with Gasteiger partial charge in [0.1, 0.15) is 0 Å². The van der Waals surface area contributed by atoms with E-state index in [1.165, 1.54) is 0 Å². The van der Waals surface area contributed by atoms with Crippen LogP contribution in [0.3, 0.4) is 0 Å². The largest absolute Gasteiger partial charge is 0.378 e. The summed E-state index contributed by atoms with van der Waals surface area (Å²) in [6, 6.07) is 11.6. The van der Waals surface area contributed by atoms with Crippen molar-refractivity contribution in [1.29, 1.82) is 0 Å². The molecule has 4 nitrogen and oxygen atoms in total. The summed E-state index contributed by atoms with van der Waals surface area (Å²) >= 11 is 7.79. The summed E-state index contributed by atoms with van der Waals surface area (Å²) in [5, 5.41) is 0.697. The van der Waals surface area contributed by atoms with E-state index < -0.39 is 0 Å². The molecule has 4 rings (SSSR count). The molecule has 2 heterocycles. The first-order chi connectivity index (χ1) is 12.1. The van der Waals surface area contributed by atoms with Gasteiger partial charge in [-0.15, -0.1) is 0 Å². The summed E-state index contributed by atoms with van der Waals surface area (Å²) < 4.78 is 5.32. The van der Waals surface area contributed by atoms with Crippen molar-refractivity contribution in [3.8, 4) is 0 Å². The third-order valence-electron chi connectivity index (χ3n) is 4.34. The molecule has 0 aromatic heterocycles. The fourth-order valence-corrected chi connectivity index (χ4v) is 4.21. The van der Waals surface area contributed by atoms with Crippen LogP contribution < -0.4 is 0 Å². The lowest BCUT2D eigenvalue weighted by Gasteiger charge is -2.27. The Morgan fingerprint density at radius 3 is 2.72 bits per heavy atom. The van der Waals surface area contributed by atoms with Gasteiger partial charge in [-0.3, -0.25) is 9.79 Å². The number of morpholine rings is 1. The molecule has 1 amide bonds. The number of hydrogen-bond acceptors (Lipinski definition) is 4. The van der Waals surface area contributed by atoms with E-state index in [0.29, 0.717) is 36.9 Å². The summed E-state index contributed by atoms with van der Waals surface area (Å²) in [5.41, 5.74) is 3.44. The predicted molar refractivity (Wildman–Crippen MR) is 101 cm³/mol. The predicted octanol–water partition coefficient (Wildman–Crippen LogP) is 4.42. The van der Waals surface area contributed by atoms with Crippen molar-refractivity contribution in [2.75, 3.05) is 26.3 Å². The minimum absolute atomic E-state index is 0.0359. The molecule has 25 heavy (non-hydrogen) atoms. The zero-order valence-electron chi connectivity index (χ0n) is 13.8. The zero-order valence-corrected chi connectivity index (χ0v) is 15.4. The second kappa shape index (κ2) is 6.83. The first-order valence-electron chi connectivity index (χ1n) is 8.16. The van der Waals surface area contributed by atoms with E-state index in [1.54, 1.807) is 11.8 Å². The molecule has 0 radical (unpaired) electrons. The molecular weight excluding hydrogens is 356 g/mol. The van der Waals surface area contributed by atoms with Crippen molar-refractivity contribution >= 4 is 40.7 Å². The Bertz CT molecular complexity index is 876. The lowest BCUT2D eigenvalue weighted by atomic mass is 10.1. The molecule has 6 heteroatoms. The molecule has 1 saturated heterocycles. The summed E-state index contributed by atoms with van der Waals surface area (Å²) in [7, 11) is 0. The van der Waals surface area contributed by atoms with Gasteiger partial charge in [0.2, 0.25) is 0 Å². The number of halogens is 1. The summed E-state index contributed by atoms with van der Waals surface area (Å²) in [6.07, 6.45) is 0. The van der Waals surface area contributed by atoms with Gasteiger partial charge in [0, 0.05) is 44.7 Å². The second-order valence-electron chi connectivity index (χ2n) is 6.03. The summed E-state index contributed by atoms with van der Waals surface area (Å²) in [6.45, 7) is 4.44. The first kappa shape index (κ1) is 16.6. The molecule has 0 saturated carbocycles. The molecule has 128 valence electrons. The van der Waals surface area contributed by atoms with Crippen LogP contribution in [-0.4, -0.2) is 42.8 Å². The number of carbonyl (C=O) groups is 1. The van der Waals surface area contributed by atoms with Gasteiger partial charge in [-0.05, 0) is 43.3 Å². The van der Waals surface area contributed by atoms with Crippen LogP contribution in [0.4, 0.5) is 5.69 Å². The van der Waals surface area contributed by atoms with Crippen LogP contribution in [0.1, 0.15) is 22.8 Å². The number of rotatable bonds is 1. The van der Waals surface area contributed by atoms with Gasteiger partial charge in [-0.25, -0.2) is 0 Å². The average molecular weight is 373 g/mol. The van der Waals surface area contributed by atoms with E-state index in [2.05, 4.69) is 0 Å². The zero-order chi connectivity index (χ0) is 17.4. The number of amides is 1. The van der Waals surface area contributed by atoms with Gasteiger partial charge >= 0.3 is 0 Å². The molecule has 0 unspecified atom stereocenters. The van der Waals surface area contributed by atoms with Crippen LogP contribution in [0, 0.1) is 0 Å². The van der Waals surface area contributed by atoms with E-state index in [-0.39, 0.29) is 5.91 Å². The molecule has 0 atom stereocenters. The van der Waals surface area contributed by atoms with Crippen molar-refractivity contribution in [2.45, 2.75) is 16.7 Å². The Hall–Kier alpha value is -1.82. The topological polar surface area (TPSA) is 41.9 Å². The van der Waals surface area contributed by atoms with Crippen LogP contribution in [0.5, 0.6) is 0 Å². The third-order valence-corrected chi connectivity index (χ3v) is 5.72. The quantitative estimate of drug-likeness (QED) is 0.744. The maximum atomic E-state index is 12.7. The summed E-state index contributed by atoms with van der Waals surface area (Å²) in [4.78, 5) is 21.5. The highest BCUT2D eigenvalue weighted by molar-refractivity contribution is 7.99. The third kappa shape index (κ3) is 3.32. The van der Waals surface area contributed by atoms with Gasteiger partial charge < -0.3 is 9.64 Å². The Morgan fingerprint density at radius 1 is 1.16 bits per heavy atom. The van der Waals surface area contributed by atoms with Gasteiger partial charge in [0.25, 0.3) is 5.91 Å². The normalized spacial score (nSPS) is 16.6. The van der Waals surface area contributed by atoms with Crippen molar-refractivity contribution in [3.05, 3.63) is 52.5 Å². The molecular formula is C19H17ClN2O2S. The number of benzene rings is 2. The lowest BCUT2D eigenvalue weighted by molar-refractivity contribution is 0.0303. The molecule has 0 spiro atoms. The molecule has 1 fully saturated rings. The highest BCUT2D eigenvalue weighted by Gasteiger charge is 2.21. The fraction of sp³-hybridized carbons (Fsp3) is 0.263. The van der Waals surface area contributed by atoms with Gasteiger partial charge in [-0.2, -0.15) is 0 Å². The first-order valence-corrected chi connectivity index (χ1v) is 9.35. The smallest absolute Gasteiger partial charge is 0.254 e. The lowest BCUT2D eigenvalue weighted by Crippen LogP contribution is -2.40. The van der Waals surface area contributed by atoms with E-state index in [1.807, 2.05) is 48.2 Å². The van der Waals surface area contributed by atoms with Crippen molar-refractivity contribution in [2.24, 2.45) is 4.99 Å². The number of fused-ring (bicyclic) bond motifs is 2. The van der Waals surface area contributed by atoms with Gasteiger partial charge in [0.15, 0.2) is 0 Å². The Balaban J connectivity index is 1.70. The number of hydrogen-bond donors (Lipinski definition) is 0. The minimum atomic E-state index is 0.0359. The molecule has 2 aliphatic rings. The van der Waals surface area contributed by atoms with E-state index in [4.69, 9.17) is 21.3 Å². The Kier molecular flexibility index (Phi) is 4.54. The van der Waals surface area contributed by atoms with Crippen molar-refractivity contribution in [1.82, 2.24) is 4.90 Å². The number of carbonyl (C=O) groups excluding carboxylic acids is 1. The molecule has 2 aliphatic heterocycles. The van der Waals surface area contributed by atoms with Crippen molar-refractivity contribution < 1.29 is 9.53 Å². The van der Waals surface area contributed by atoms with Gasteiger partial charge in [0.05, 0.1) is 18.9 Å². The van der Waals surface area contributed by atoms with Crippen LogP contribution in [0.2, 0.25) is 5.02 Å². The molecule has 0 N–H and O–H groups in total. The fourth-order valence-electron chi connectivity index (χ4n) is 3.01. The average Bonchev–Trinajstić information content (AvgIpc) is 2.77. The standard InChI is InChI=1S/C19H17ClN2O2S/c1-12-15-11-14(20)3-5-17(15)25-18-4-2-13(10-16(18)21-12)19(23)22-6-8-24-9-7-22/h2-5,10-11H,6-9H2,1H3. The maximum Gasteiger partial charge on any atom is 0.254 e. The number of aliphatic imine (C=N–C) groups is 1. The van der Waals surface area contributed by atoms with Crippen LogP contribution in [0.25, 0.3) is 0 Å². The van der Waals surface area contributed by atoms with E-state index >= 15 is 0 Å². The number of nitrogens with zero attached hydrogens (tertiary/aromatic N) is 2. The highest BCUT2D eigenvalue weighted by Crippen LogP contribution is 2.41. The number of ether oxygens (including phenoxy) is 1. The van der Waals surface area contributed by atoms with E-state index in [0.717, 1.165) is 26.8 Å². The molecule has 0 aliphatic carbocycles. The molecule has 2 aromatic carbocycles. The monoisotopic (exact) mass is 372 g/mol. The van der Waals surface area contributed by atoms with Crippen LogP contribution in [0.15, 0.2) is 51.2 Å². The Morgan fingerprint density at radius 2 is 1.92 bits per heavy atom. The van der Waals surface area contributed by atoms with Crippen molar-refractivity contribution in [3.63, 3.8) is 0 Å². The maximum absolute atomic E-state index is 12.7. The van der Waals surface area contributed by atoms with E-state index in [9.17, 15) is 4.79 Å². The SMILES string of the molecule is CC1=Nc2cc(C(=O)N3CCOCC3)ccc2Sc2ccc(Cl)cc21. The van der Waals surface area contributed by atoms with Crippen LogP contribution >= 0.6 is 23.4 Å².